The quantitative estimate of drug-likeness (QED) is 0.396. The number of hydrogen-bond donors (Lipinski definition) is 1. The number of anilines is 1. The summed E-state index contributed by atoms with van der Waals surface area (Å²) in [5.74, 6) is 0.642. The molecule has 0 saturated heterocycles. The van der Waals surface area contributed by atoms with Crippen molar-refractivity contribution in [3.05, 3.63) is 92.9 Å². The highest BCUT2D eigenvalue weighted by Crippen LogP contribution is 2.48. The number of rotatable bonds is 5. The van der Waals surface area contributed by atoms with E-state index in [1.165, 1.54) is 16.9 Å². The van der Waals surface area contributed by atoms with Crippen LogP contribution in [0.15, 0.2) is 86.1 Å². The SMILES string of the molecule is N#CC1=C(N)N(c2nnc(SCc3ccccc3)s2)C2=C(C(=O)CCC2)C1c1ccccc1Br. The molecule has 2 aromatic carbocycles. The molecule has 0 amide bonds. The first kappa shape index (κ1) is 22.8. The molecule has 0 bridgehead atoms. The van der Waals surface area contributed by atoms with Crippen LogP contribution in [0.4, 0.5) is 5.13 Å². The highest BCUT2D eigenvalue weighted by molar-refractivity contribution is 9.10. The smallest absolute Gasteiger partial charge is 0.219 e. The third kappa shape index (κ3) is 4.17. The predicted octanol–water partition coefficient (Wildman–Crippen LogP) is 5.90. The van der Waals surface area contributed by atoms with Gasteiger partial charge in [-0.15, -0.1) is 10.2 Å². The van der Waals surface area contributed by atoms with Crippen molar-refractivity contribution in [1.29, 1.82) is 5.26 Å². The minimum absolute atomic E-state index is 0.0513. The van der Waals surface area contributed by atoms with Crippen molar-refractivity contribution < 1.29 is 4.79 Å². The van der Waals surface area contributed by atoms with Gasteiger partial charge in [-0.2, -0.15) is 5.26 Å². The average Bonchev–Trinajstić information content (AvgIpc) is 3.32. The maximum Gasteiger partial charge on any atom is 0.219 e. The number of benzene rings is 2. The van der Waals surface area contributed by atoms with Crippen LogP contribution < -0.4 is 10.6 Å². The Labute approximate surface area is 214 Å². The molecule has 170 valence electrons. The minimum atomic E-state index is -0.500. The number of Topliss-reactive ketones (excluding diaryl/α,β-unsaturated/α-hetero) is 1. The fraction of sp³-hybridized carbons (Fsp3) is 0.200. The lowest BCUT2D eigenvalue weighted by molar-refractivity contribution is -0.116. The van der Waals surface area contributed by atoms with Crippen molar-refractivity contribution in [2.75, 3.05) is 4.90 Å². The second-order valence-electron chi connectivity index (χ2n) is 7.96. The summed E-state index contributed by atoms with van der Waals surface area (Å²) in [5.41, 5.74) is 10.5. The van der Waals surface area contributed by atoms with Crippen LogP contribution in [0.5, 0.6) is 0 Å². The summed E-state index contributed by atoms with van der Waals surface area (Å²) in [5, 5.41) is 19.5. The van der Waals surface area contributed by atoms with Gasteiger partial charge in [0.05, 0.1) is 17.6 Å². The van der Waals surface area contributed by atoms with Crippen LogP contribution in [0.3, 0.4) is 0 Å². The van der Waals surface area contributed by atoms with Crippen LogP contribution in [0, 0.1) is 11.3 Å². The molecule has 1 atom stereocenters. The molecule has 2 heterocycles. The highest BCUT2D eigenvalue weighted by atomic mass is 79.9. The number of carbonyl (C=O) groups excluding carboxylic acids is 1. The molecule has 2 N–H and O–H groups in total. The number of carbonyl (C=O) groups is 1. The number of halogens is 1. The fourth-order valence-electron chi connectivity index (χ4n) is 4.40. The van der Waals surface area contributed by atoms with E-state index < -0.39 is 5.92 Å². The average molecular weight is 551 g/mol. The number of ketones is 1. The molecule has 0 spiro atoms. The molecule has 34 heavy (non-hydrogen) atoms. The minimum Gasteiger partial charge on any atom is -0.384 e. The summed E-state index contributed by atoms with van der Waals surface area (Å²) < 4.78 is 1.65. The maximum absolute atomic E-state index is 13.2. The van der Waals surface area contributed by atoms with Gasteiger partial charge in [0.2, 0.25) is 5.13 Å². The van der Waals surface area contributed by atoms with Crippen LogP contribution in [0.25, 0.3) is 0 Å². The fourth-order valence-corrected chi connectivity index (χ4v) is 6.75. The molecular formula is C25H20BrN5OS2. The van der Waals surface area contributed by atoms with Crippen molar-refractivity contribution in [1.82, 2.24) is 10.2 Å². The molecule has 0 fully saturated rings. The molecule has 0 saturated carbocycles. The van der Waals surface area contributed by atoms with Crippen LogP contribution in [-0.4, -0.2) is 16.0 Å². The van der Waals surface area contributed by atoms with E-state index in [9.17, 15) is 10.1 Å². The zero-order valence-corrected chi connectivity index (χ0v) is 21.3. The standard InChI is InChI=1S/C25H20BrN5OS2/c26-18-10-5-4-9-16(18)21-17(13-27)23(28)31(19-11-6-12-20(32)22(19)21)24-29-30-25(34-24)33-14-15-7-2-1-3-8-15/h1-5,7-10,21H,6,11-12,14,28H2. The number of nitriles is 1. The van der Waals surface area contributed by atoms with Crippen LogP contribution in [-0.2, 0) is 10.5 Å². The third-order valence-corrected chi connectivity index (χ3v) is 8.76. The van der Waals surface area contributed by atoms with Gasteiger partial charge in [-0.1, -0.05) is 87.6 Å². The van der Waals surface area contributed by atoms with E-state index in [-0.39, 0.29) is 5.78 Å². The molecule has 1 unspecified atom stereocenters. The summed E-state index contributed by atoms with van der Waals surface area (Å²) >= 11 is 6.62. The molecule has 2 aliphatic rings. The summed E-state index contributed by atoms with van der Waals surface area (Å²) in [4.78, 5) is 15.0. The van der Waals surface area contributed by atoms with Gasteiger partial charge in [-0.05, 0) is 30.0 Å². The second-order valence-corrected chi connectivity index (χ2v) is 11.0. The van der Waals surface area contributed by atoms with E-state index in [2.05, 4.69) is 44.3 Å². The third-order valence-electron chi connectivity index (χ3n) is 5.92. The van der Waals surface area contributed by atoms with Gasteiger partial charge in [0.25, 0.3) is 0 Å². The number of allylic oxidation sites excluding steroid dienone is 3. The van der Waals surface area contributed by atoms with Gasteiger partial charge in [0.1, 0.15) is 5.82 Å². The molecule has 1 aromatic heterocycles. The zero-order valence-electron chi connectivity index (χ0n) is 18.1. The zero-order chi connectivity index (χ0) is 23.7. The number of nitrogens with zero attached hydrogens (tertiary/aromatic N) is 4. The maximum atomic E-state index is 13.2. The number of hydrogen-bond acceptors (Lipinski definition) is 8. The Morgan fingerprint density at radius 3 is 2.68 bits per heavy atom. The topological polar surface area (TPSA) is 95.9 Å². The van der Waals surface area contributed by atoms with Crippen molar-refractivity contribution in [3.63, 3.8) is 0 Å². The van der Waals surface area contributed by atoms with Crippen molar-refractivity contribution in [2.24, 2.45) is 5.73 Å². The Morgan fingerprint density at radius 2 is 1.91 bits per heavy atom. The number of nitrogens with two attached hydrogens (primary N) is 1. The summed E-state index contributed by atoms with van der Waals surface area (Å²) in [6.07, 6.45) is 1.88. The second kappa shape index (κ2) is 9.74. The van der Waals surface area contributed by atoms with E-state index in [0.717, 1.165) is 32.2 Å². The van der Waals surface area contributed by atoms with E-state index in [0.29, 0.717) is 34.9 Å². The summed E-state index contributed by atoms with van der Waals surface area (Å²) in [7, 11) is 0. The normalized spacial score (nSPS) is 18.2. The molecule has 0 radical (unpaired) electrons. The Bertz CT molecular complexity index is 1360. The van der Waals surface area contributed by atoms with Crippen LogP contribution in [0.1, 0.15) is 36.3 Å². The van der Waals surface area contributed by atoms with Gasteiger partial charge >= 0.3 is 0 Å². The number of aromatic nitrogens is 2. The Kier molecular flexibility index (Phi) is 6.55. The van der Waals surface area contributed by atoms with Crippen molar-refractivity contribution in [3.8, 4) is 6.07 Å². The van der Waals surface area contributed by atoms with E-state index >= 15 is 0 Å². The largest absolute Gasteiger partial charge is 0.384 e. The summed E-state index contributed by atoms with van der Waals surface area (Å²) in [6.45, 7) is 0. The van der Waals surface area contributed by atoms with Gasteiger partial charge in [-0.3, -0.25) is 9.69 Å². The first-order valence-electron chi connectivity index (χ1n) is 10.8. The van der Waals surface area contributed by atoms with E-state index in [1.54, 1.807) is 16.7 Å². The van der Waals surface area contributed by atoms with Crippen LogP contribution in [0.2, 0.25) is 0 Å². The first-order valence-corrected chi connectivity index (χ1v) is 13.4. The Morgan fingerprint density at radius 1 is 1.15 bits per heavy atom. The lowest BCUT2D eigenvalue weighted by Crippen LogP contribution is -2.38. The lowest BCUT2D eigenvalue weighted by Gasteiger charge is -2.38. The monoisotopic (exact) mass is 549 g/mol. The number of thioether (sulfide) groups is 1. The van der Waals surface area contributed by atoms with Gasteiger partial charge in [0.15, 0.2) is 10.1 Å². The lowest BCUT2D eigenvalue weighted by atomic mass is 9.76. The van der Waals surface area contributed by atoms with Crippen molar-refractivity contribution in [2.45, 2.75) is 35.3 Å². The van der Waals surface area contributed by atoms with E-state index in [1.807, 2.05) is 42.5 Å². The van der Waals surface area contributed by atoms with Gasteiger partial charge < -0.3 is 5.73 Å². The van der Waals surface area contributed by atoms with Crippen LogP contribution >= 0.6 is 39.0 Å². The molecule has 1 aliphatic heterocycles. The Balaban J connectivity index is 1.55. The first-order chi connectivity index (χ1) is 16.6. The predicted molar refractivity (Wildman–Crippen MR) is 138 cm³/mol. The summed E-state index contributed by atoms with van der Waals surface area (Å²) in [6, 6.07) is 20.1. The molecule has 9 heteroatoms. The van der Waals surface area contributed by atoms with E-state index in [4.69, 9.17) is 5.73 Å². The highest BCUT2D eigenvalue weighted by Gasteiger charge is 2.41. The Hall–Kier alpha value is -2.93. The molecule has 3 aromatic rings. The molecule has 6 nitrogen and oxygen atoms in total. The molecule has 5 rings (SSSR count). The molecular weight excluding hydrogens is 530 g/mol. The van der Waals surface area contributed by atoms with Gasteiger partial charge in [0, 0.05) is 27.9 Å². The van der Waals surface area contributed by atoms with Gasteiger partial charge in [-0.25, -0.2) is 0 Å². The van der Waals surface area contributed by atoms with Crippen molar-refractivity contribution >= 4 is 49.9 Å². The molecule has 1 aliphatic carbocycles.